The molecule has 3 heterocycles. The molecule has 0 radical (unpaired) electrons. The van der Waals surface area contributed by atoms with Gasteiger partial charge in [-0.3, -0.25) is 9.59 Å². The molecule has 2 aromatic carbocycles. The Morgan fingerprint density at radius 3 is 2.14 bits per heavy atom. The number of rotatable bonds is 5. The van der Waals surface area contributed by atoms with Crippen LogP contribution in [-0.4, -0.2) is 69.3 Å². The summed E-state index contributed by atoms with van der Waals surface area (Å²) in [5.74, 6) is -0.479. The van der Waals surface area contributed by atoms with Gasteiger partial charge in [-0.2, -0.15) is 26.3 Å². The van der Waals surface area contributed by atoms with E-state index >= 15 is 0 Å². The van der Waals surface area contributed by atoms with Gasteiger partial charge >= 0.3 is 12.4 Å². The highest BCUT2D eigenvalue weighted by Gasteiger charge is 2.39. The predicted molar refractivity (Wildman–Crippen MR) is 145 cm³/mol. The minimum atomic E-state index is -5.02. The fraction of sp³-hybridized carbons (Fsp3) is 0.429. The zero-order valence-corrected chi connectivity index (χ0v) is 23.7. The lowest BCUT2D eigenvalue weighted by molar-refractivity contribution is -0.143. The zero-order valence-electron chi connectivity index (χ0n) is 22.9. The van der Waals surface area contributed by atoms with E-state index in [0.717, 1.165) is 10.2 Å². The first kappa shape index (κ1) is 30.6. The van der Waals surface area contributed by atoms with Crippen molar-refractivity contribution in [2.75, 3.05) is 37.6 Å². The standard InChI is InChI=1S/C28H27ClF6N6O2/c1-17(42)38-9-11-39(12-10-38)25-24(26(43)40-8-4-7-23(40)21-5-2-3-6-22(21)29)36-37-41(25)16-18-13-19(27(30,31)32)15-20(14-18)28(33,34)35/h2-3,5-6,13-15,23H,4,7-12,16H2,1H3. The van der Waals surface area contributed by atoms with Crippen molar-refractivity contribution in [2.45, 2.75) is 44.7 Å². The number of piperazine rings is 1. The summed E-state index contributed by atoms with van der Waals surface area (Å²) >= 11 is 6.43. The molecule has 0 saturated carbocycles. The monoisotopic (exact) mass is 628 g/mol. The molecule has 5 rings (SSSR count). The third-order valence-corrected chi connectivity index (χ3v) is 8.04. The Morgan fingerprint density at radius 2 is 1.56 bits per heavy atom. The van der Waals surface area contributed by atoms with E-state index in [4.69, 9.17) is 11.6 Å². The van der Waals surface area contributed by atoms with E-state index in [9.17, 15) is 35.9 Å². The molecular weight excluding hydrogens is 602 g/mol. The Labute approximate surface area is 247 Å². The fourth-order valence-corrected chi connectivity index (χ4v) is 5.86. The van der Waals surface area contributed by atoms with Crippen molar-refractivity contribution in [1.82, 2.24) is 24.8 Å². The quantitative estimate of drug-likeness (QED) is 0.341. The minimum absolute atomic E-state index is 0.0594. The number of anilines is 1. The van der Waals surface area contributed by atoms with Crippen LogP contribution < -0.4 is 4.90 Å². The second kappa shape index (κ2) is 11.7. The Kier molecular flexibility index (Phi) is 8.34. The van der Waals surface area contributed by atoms with Crippen LogP contribution in [0.3, 0.4) is 0 Å². The molecular formula is C28H27ClF6N6O2. The second-order valence-corrected chi connectivity index (χ2v) is 10.9. The molecule has 2 fully saturated rings. The molecule has 1 atom stereocenters. The van der Waals surface area contributed by atoms with Crippen LogP contribution in [0.4, 0.5) is 32.2 Å². The van der Waals surface area contributed by atoms with E-state index < -0.39 is 35.9 Å². The molecule has 0 N–H and O–H groups in total. The Balaban J connectivity index is 1.54. The lowest BCUT2D eigenvalue weighted by Crippen LogP contribution is -2.49. The van der Waals surface area contributed by atoms with Gasteiger partial charge in [0.25, 0.3) is 5.91 Å². The smallest absolute Gasteiger partial charge is 0.351 e. The van der Waals surface area contributed by atoms with Gasteiger partial charge < -0.3 is 14.7 Å². The lowest BCUT2D eigenvalue weighted by Gasteiger charge is -2.36. The number of hydrogen-bond acceptors (Lipinski definition) is 5. The Bertz CT molecular complexity index is 1480. The average molecular weight is 629 g/mol. The molecule has 8 nitrogen and oxygen atoms in total. The van der Waals surface area contributed by atoms with Gasteiger partial charge in [-0.25, -0.2) is 4.68 Å². The van der Waals surface area contributed by atoms with Gasteiger partial charge in [-0.15, -0.1) is 5.10 Å². The molecule has 2 amide bonds. The Hall–Kier alpha value is -3.81. The summed E-state index contributed by atoms with van der Waals surface area (Å²) in [5.41, 5.74) is -2.55. The molecule has 2 saturated heterocycles. The number of halogens is 7. The van der Waals surface area contributed by atoms with Crippen LogP contribution in [-0.2, 0) is 23.7 Å². The molecule has 2 aliphatic rings. The largest absolute Gasteiger partial charge is 0.416 e. The van der Waals surface area contributed by atoms with E-state index in [-0.39, 0.29) is 48.2 Å². The molecule has 15 heteroatoms. The number of carbonyl (C=O) groups is 2. The number of likely N-dealkylation sites (tertiary alicyclic amines) is 1. The maximum atomic E-state index is 14.0. The van der Waals surface area contributed by atoms with Gasteiger partial charge in [0.2, 0.25) is 5.91 Å². The van der Waals surface area contributed by atoms with Crippen molar-refractivity contribution in [2.24, 2.45) is 0 Å². The molecule has 2 aliphatic heterocycles. The molecule has 0 spiro atoms. The van der Waals surface area contributed by atoms with Crippen molar-refractivity contribution in [3.63, 3.8) is 0 Å². The minimum Gasteiger partial charge on any atom is -0.351 e. The van der Waals surface area contributed by atoms with Crippen LogP contribution in [0.25, 0.3) is 0 Å². The van der Waals surface area contributed by atoms with Crippen LogP contribution in [0.1, 0.15) is 58.5 Å². The molecule has 0 aliphatic carbocycles. The third kappa shape index (κ3) is 6.43. The highest BCUT2D eigenvalue weighted by molar-refractivity contribution is 6.31. The normalized spacial score (nSPS) is 18.0. The van der Waals surface area contributed by atoms with E-state index in [1.54, 1.807) is 26.8 Å². The van der Waals surface area contributed by atoms with Crippen LogP contribution in [0.15, 0.2) is 42.5 Å². The topological polar surface area (TPSA) is 74.6 Å². The second-order valence-electron chi connectivity index (χ2n) is 10.5. The first-order chi connectivity index (χ1) is 20.2. The van der Waals surface area contributed by atoms with Gasteiger partial charge in [0, 0.05) is 44.7 Å². The third-order valence-electron chi connectivity index (χ3n) is 7.69. The first-order valence-corrected chi connectivity index (χ1v) is 13.9. The van der Waals surface area contributed by atoms with Crippen LogP contribution >= 0.6 is 11.6 Å². The van der Waals surface area contributed by atoms with Crippen molar-refractivity contribution in [1.29, 1.82) is 0 Å². The molecule has 3 aromatic rings. The van der Waals surface area contributed by atoms with Crippen molar-refractivity contribution < 1.29 is 35.9 Å². The predicted octanol–water partition coefficient (Wildman–Crippen LogP) is 5.66. The molecule has 1 unspecified atom stereocenters. The fourth-order valence-electron chi connectivity index (χ4n) is 5.60. The molecule has 43 heavy (non-hydrogen) atoms. The summed E-state index contributed by atoms with van der Waals surface area (Å²) in [6, 6.07) is 8.09. The number of nitrogens with zero attached hydrogens (tertiary/aromatic N) is 6. The number of benzene rings is 2. The summed E-state index contributed by atoms with van der Waals surface area (Å²) in [6.45, 7) is 2.38. The van der Waals surface area contributed by atoms with Gasteiger partial charge in [0.1, 0.15) is 0 Å². The number of amides is 2. The highest BCUT2D eigenvalue weighted by atomic mass is 35.5. The summed E-state index contributed by atoms with van der Waals surface area (Å²) < 4.78 is 82.3. The molecule has 0 bridgehead atoms. The summed E-state index contributed by atoms with van der Waals surface area (Å²) in [4.78, 5) is 30.8. The number of hydrogen-bond donors (Lipinski definition) is 0. The van der Waals surface area contributed by atoms with Crippen LogP contribution in [0.2, 0.25) is 5.02 Å². The highest BCUT2D eigenvalue weighted by Crippen LogP contribution is 2.39. The lowest BCUT2D eigenvalue weighted by atomic mass is 10.0. The SMILES string of the molecule is CC(=O)N1CCN(c2c(C(=O)N3CCCC3c3ccccc3Cl)nnn2Cc2cc(C(F)(F)F)cc(C(F)(F)F)c2)CC1. The molecule has 1 aromatic heterocycles. The number of alkyl halides is 6. The Morgan fingerprint density at radius 1 is 0.930 bits per heavy atom. The maximum absolute atomic E-state index is 14.0. The zero-order chi connectivity index (χ0) is 31.1. The first-order valence-electron chi connectivity index (χ1n) is 13.5. The van der Waals surface area contributed by atoms with E-state index in [1.165, 1.54) is 6.92 Å². The summed E-state index contributed by atoms with van der Waals surface area (Å²) in [6.07, 6.45) is -8.71. The van der Waals surface area contributed by atoms with Gasteiger partial charge in [0.15, 0.2) is 11.5 Å². The van der Waals surface area contributed by atoms with E-state index in [2.05, 4.69) is 10.3 Å². The average Bonchev–Trinajstić information content (AvgIpc) is 3.60. The van der Waals surface area contributed by atoms with Gasteiger partial charge in [-0.05, 0) is 48.2 Å². The number of carbonyl (C=O) groups excluding carboxylic acids is 2. The van der Waals surface area contributed by atoms with Crippen LogP contribution in [0.5, 0.6) is 0 Å². The summed E-state index contributed by atoms with van der Waals surface area (Å²) in [7, 11) is 0. The number of aromatic nitrogens is 3. The maximum Gasteiger partial charge on any atom is 0.416 e. The van der Waals surface area contributed by atoms with Crippen molar-refractivity contribution in [3.8, 4) is 0 Å². The van der Waals surface area contributed by atoms with Gasteiger partial charge in [0.05, 0.1) is 23.7 Å². The molecule has 230 valence electrons. The van der Waals surface area contributed by atoms with Gasteiger partial charge in [-0.1, -0.05) is 35.0 Å². The van der Waals surface area contributed by atoms with E-state index in [1.807, 2.05) is 12.1 Å². The van der Waals surface area contributed by atoms with Crippen molar-refractivity contribution >= 4 is 29.2 Å². The van der Waals surface area contributed by atoms with Crippen molar-refractivity contribution in [3.05, 3.63) is 75.4 Å². The van der Waals surface area contributed by atoms with Crippen LogP contribution in [0, 0.1) is 0 Å². The summed E-state index contributed by atoms with van der Waals surface area (Å²) in [5, 5.41) is 8.63. The van der Waals surface area contributed by atoms with E-state index in [0.29, 0.717) is 49.6 Å².